The van der Waals surface area contributed by atoms with Gasteiger partial charge in [-0.15, -0.1) is 0 Å². The summed E-state index contributed by atoms with van der Waals surface area (Å²) >= 11 is 0. The van der Waals surface area contributed by atoms with Gasteiger partial charge in [-0.05, 0) is 35.9 Å². The number of phenols is 1. The van der Waals surface area contributed by atoms with E-state index in [1.807, 2.05) is 6.07 Å². The van der Waals surface area contributed by atoms with Gasteiger partial charge in [0.25, 0.3) is 5.91 Å². The predicted molar refractivity (Wildman–Crippen MR) is 74.8 cm³/mol. The Morgan fingerprint density at radius 2 is 1.95 bits per heavy atom. The molecule has 0 unspecified atom stereocenters. The first-order valence-electron chi connectivity index (χ1n) is 5.95. The quantitative estimate of drug-likeness (QED) is 0.828. The molecule has 2 aromatic carbocycles. The first-order valence-corrected chi connectivity index (χ1v) is 5.95. The van der Waals surface area contributed by atoms with Gasteiger partial charge in [-0.3, -0.25) is 4.79 Å². The molecule has 0 radical (unpaired) electrons. The van der Waals surface area contributed by atoms with Crippen molar-refractivity contribution in [3.63, 3.8) is 0 Å². The van der Waals surface area contributed by atoms with Crippen molar-refractivity contribution < 1.29 is 9.90 Å². The fraction of sp³-hybridized carbons (Fsp3) is 0.133. The first kappa shape index (κ1) is 13.0. The first-order chi connectivity index (χ1) is 9.06. The average Bonchev–Trinajstić information content (AvgIpc) is 2.38. The van der Waals surface area contributed by atoms with E-state index in [4.69, 9.17) is 5.73 Å². The fourth-order valence-corrected chi connectivity index (χ4v) is 1.89. The topological polar surface area (TPSA) is 66.6 Å². The highest BCUT2D eigenvalue weighted by atomic mass is 16.3. The zero-order valence-corrected chi connectivity index (χ0v) is 10.7. The lowest BCUT2D eigenvalue weighted by Gasteiger charge is -2.17. The summed E-state index contributed by atoms with van der Waals surface area (Å²) in [6.07, 6.45) is 0. The molecule has 0 aliphatic rings. The number of nitrogen functional groups attached to an aromatic ring is 1. The van der Waals surface area contributed by atoms with Crippen LogP contribution in [0.3, 0.4) is 0 Å². The summed E-state index contributed by atoms with van der Waals surface area (Å²) < 4.78 is 0. The highest BCUT2D eigenvalue weighted by Crippen LogP contribution is 2.14. The number of phenolic OH excluding ortho intramolecular Hbond substituents is 1. The number of aromatic hydroxyl groups is 1. The standard InChI is InChI=1S/C15H16N2O2/c1-17(10-11-4-2-7-14(18)8-11)15(19)12-5-3-6-13(16)9-12/h2-9,18H,10,16H2,1H3. The van der Waals surface area contributed by atoms with E-state index in [0.29, 0.717) is 17.8 Å². The maximum atomic E-state index is 12.2. The number of amides is 1. The Hall–Kier alpha value is -2.49. The zero-order valence-electron chi connectivity index (χ0n) is 10.7. The zero-order chi connectivity index (χ0) is 13.8. The third-order valence-electron chi connectivity index (χ3n) is 2.81. The van der Waals surface area contributed by atoms with E-state index in [9.17, 15) is 9.90 Å². The minimum absolute atomic E-state index is 0.101. The number of carbonyl (C=O) groups is 1. The van der Waals surface area contributed by atoms with Gasteiger partial charge in [0, 0.05) is 24.8 Å². The molecule has 0 atom stereocenters. The van der Waals surface area contributed by atoms with Crippen molar-refractivity contribution in [2.45, 2.75) is 6.54 Å². The van der Waals surface area contributed by atoms with Crippen LogP contribution in [0.4, 0.5) is 5.69 Å². The Morgan fingerprint density at radius 1 is 1.21 bits per heavy atom. The van der Waals surface area contributed by atoms with E-state index in [2.05, 4.69) is 0 Å². The van der Waals surface area contributed by atoms with Gasteiger partial charge in [0.15, 0.2) is 0 Å². The summed E-state index contributed by atoms with van der Waals surface area (Å²) in [6.45, 7) is 0.433. The number of carbonyl (C=O) groups excluding carboxylic acids is 1. The summed E-state index contributed by atoms with van der Waals surface area (Å²) in [7, 11) is 1.72. The summed E-state index contributed by atoms with van der Waals surface area (Å²) in [5.74, 6) is 0.0953. The molecule has 0 heterocycles. The largest absolute Gasteiger partial charge is 0.508 e. The van der Waals surface area contributed by atoms with Crippen LogP contribution in [-0.2, 0) is 6.54 Å². The van der Waals surface area contributed by atoms with E-state index in [1.165, 1.54) is 0 Å². The van der Waals surface area contributed by atoms with Gasteiger partial charge in [-0.25, -0.2) is 0 Å². The maximum absolute atomic E-state index is 12.2. The van der Waals surface area contributed by atoms with Crippen LogP contribution in [0.2, 0.25) is 0 Å². The van der Waals surface area contributed by atoms with Crippen molar-refractivity contribution in [2.75, 3.05) is 12.8 Å². The number of hydrogen-bond acceptors (Lipinski definition) is 3. The van der Waals surface area contributed by atoms with Gasteiger partial charge >= 0.3 is 0 Å². The minimum Gasteiger partial charge on any atom is -0.508 e. The number of nitrogens with zero attached hydrogens (tertiary/aromatic N) is 1. The molecule has 0 aliphatic carbocycles. The third-order valence-corrected chi connectivity index (χ3v) is 2.81. The van der Waals surface area contributed by atoms with Crippen LogP contribution in [0.1, 0.15) is 15.9 Å². The lowest BCUT2D eigenvalue weighted by Crippen LogP contribution is -2.26. The van der Waals surface area contributed by atoms with Crippen molar-refractivity contribution >= 4 is 11.6 Å². The molecule has 0 saturated heterocycles. The lowest BCUT2D eigenvalue weighted by molar-refractivity contribution is 0.0785. The van der Waals surface area contributed by atoms with E-state index in [1.54, 1.807) is 54.4 Å². The molecule has 0 saturated carbocycles. The fourth-order valence-electron chi connectivity index (χ4n) is 1.89. The molecular weight excluding hydrogens is 240 g/mol. The Labute approximate surface area is 112 Å². The lowest BCUT2D eigenvalue weighted by atomic mass is 10.1. The van der Waals surface area contributed by atoms with E-state index < -0.39 is 0 Å². The van der Waals surface area contributed by atoms with Crippen molar-refractivity contribution in [1.82, 2.24) is 4.90 Å². The molecule has 0 spiro atoms. The van der Waals surface area contributed by atoms with Gasteiger partial charge in [-0.2, -0.15) is 0 Å². The van der Waals surface area contributed by atoms with E-state index >= 15 is 0 Å². The number of nitrogens with two attached hydrogens (primary N) is 1. The summed E-state index contributed by atoms with van der Waals surface area (Å²) in [5, 5.41) is 9.40. The van der Waals surface area contributed by atoms with Crippen LogP contribution in [0, 0.1) is 0 Å². The SMILES string of the molecule is CN(Cc1cccc(O)c1)C(=O)c1cccc(N)c1. The van der Waals surface area contributed by atoms with Crippen LogP contribution in [0.25, 0.3) is 0 Å². The van der Waals surface area contributed by atoms with Crippen molar-refractivity contribution in [2.24, 2.45) is 0 Å². The predicted octanol–water partition coefficient (Wildman–Crippen LogP) is 2.25. The van der Waals surface area contributed by atoms with Gasteiger partial charge in [0.1, 0.15) is 5.75 Å². The van der Waals surface area contributed by atoms with Crippen LogP contribution in [0.5, 0.6) is 5.75 Å². The number of hydrogen-bond donors (Lipinski definition) is 2. The molecular formula is C15H16N2O2. The molecule has 0 bridgehead atoms. The molecule has 3 N–H and O–H groups in total. The molecule has 2 rings (SSSR count). The van der Waals surface area contributed by atoms with Gasteiger partial charge in [0.05, 0.1) is 0 Å². The van der Waals surface area contributed by atoms with Crippen LogP contribution in [0.15, 0.2) is 48.5 Å². The minimum atomic E-state index is -0.101. The smallest absolute Gasteiger partial charge is 0.253 e. The van der Waals surface area contributed by atoms with Crippen molar-refractivity contribution in [1.29, 1.82) is 0 Å². The summed E-state index contributed by atoms with van der Waals surface area (Å²) in [6, 6.07) is 13.7. The maximum Gasteiger partial charge on any atom is 0.253 e. The van der Waals surface area contributed by atoms with Crippen LogP contribution in [-0.4, -0.2) is 23.0 Å². The Kier molecular flexibility index (Phi) is 3.71. The summed E-state index contributed by atoms with van der Waals surface area (Å²) in [5.41, 5.74) is 7.66. The Morgan fingerprint density at radius 3 is 2.63 bits per heavy atom. The van der Waals surface area contributed by atoms with Crippen LogP contribution < -0.4 is 5.73 Å². The molecule has 2 aromatic rings. The molecule has 1 amide bonds. The number of benzene rings is 2. The molecule has 19 heavy (non-hydrogen) atoms. The number of rotatable bonds is 3. The van der Waals surface area contributed by atoms with Crippen molar-refractivity contribution in [3.05, 3.63) is 59.7 Å². The second-order valence-electron chi connectivity index (χ2n) is 4.46. The molecule has 0 aliphatic heterocycles. The van der Waals surface area contributed by atoms with E-state index in [0.717, 1.165) is 5.56 Å². The van der Waals surface area contributed by atoms with Gasteiger partial charge in [0.2, 0.25) is 0 Å². The Bertz CT molecular complexity index is 596. The molecule has 4 heteroatoms. The second kappa shape index (κ2) is 5.44. The number of anilines is 1. The highest BCUT2D eigenvalue weighted by molar-refractivity contribution is 5.94. The molecule has 98 valence electrons. The van der Waals surface area contributed by atoms with E-state index in [-0.39, 0.29) is 11.7 Å². The second-order valence-corrected chi connectivity index (χ2v) is 4.46. The molecule has 0 fully saturated rings. The highest BCUT2D eigenvalue weighted by Gasteiger charge is 2.12. The van der Waals surface area contributed by atoms with Gasteiger partial charge in [-0.1, -0.05) is 18.2 Å². The third kappa shape index (κ3) is 3.25. The Balaban J connectivity index is 2.12. The normalized spacial score (nSPS) is 10.2. The van der Waals surface area contributed by atoms with Crippen molar-refractivity contribution in [3.8, 4) is 5.75 Å². The molecule has 4 nitrogen and oxygen atoms in total. The summed E-state index contributed by atoms with van der Waals surface area (Å²) in [4.78, 5) is 13.8. The average molecular weight is 256 g/mol. The van der Waals surface area contributed by atoms with Crippen LogP contribution >= 0.6 is 0 Å². The monoisotopic (exact) mass is 256 g/mol. The molecule has 0 aromatic heterocycles. The van der Waals surface area contributed by atoms with Gasteiger partial charge < -0.3 is 15.7 Å².